The summed E-state index contributed by atoms with van der Waals surface area (Å²) in [5.74, 6) is 0. The molecule has 170 valence electrons. The fraction of sp³-hybridized carbons (Fsp3) is 0.0909. The molecule has 0 saturated heterocycles. The van der Waals surface area contributed by atoms with E-state index in [9.17, 15) is 0 Å². The van der Waals surface area contributed by atoms with Gasteiger partial charge in [0.05, 0.1) is 5.52 Å². The second kappa shape index (κ2) is 6.92. The number of hydrogen-bond acceptors (Lipinski definition) is 1. The van der Waals surface area contributed by atoms with Crippen LogP contribution in [0.15, 0.2) is 114 Å². The number of furan rings is 1. The molecule has 0 radical (unpaired) electrons. The molecule has 0 saturated carbocycles. The smallest absolute Gasteiger partial charge is 0.328 e. The molecule has 0 aliphatic carbocycles. The van der Waals surface area contributed by atoms with Crippen LogP contribution in [0.5, 0.6) is 0 Å². The molecular weight excluding hydrogens is 437 g/mol. The fourth-order valence-corrected chi connectivity index (χ4v) is 6.73. The zero-order valence-corrected chi connectivity index (χ0v) is 20.3. The Kier molecular flexibility index (Phi) is 3.85. The molecule has 0 amide bonds. The van der Waals surface area contributed by atoms with Gasteiger partial charge in [-0.15, -0.1) is 0 Å². The highest BCUT2D eigenvalue weighted by Crippen LogP contribution is 2.40. The van der Waals surface area contributed by atoms with E-state index in [4.69, 9.17) is 4.42 Å². The van der Waals surface area contributed by atoms with Gasteiger partial charge < -0.3 is 8.90 Å². The third-order valence-corrected chi connectivity index (χ3v) is 8.33. The van der Waals surface area contributed by atoms with Crippen molar-refractivity contribution in [2.45, 2.75) is 19.3 Å². The van der Waals surface area contributed by atoms with Crippen LogP contribution in [0, 0.1) is 0 Å². The molecule has 1 aliphatic rings. The Bertz CT molecular complexity index is 1940. The molecule has 1 aliphatic heterocycles. The second-order valence-electron chi connectivity index (χ2n) is 10.5. The van der Waals surface area contributed by atoms with Crippen LogP contribution >= 0.6 is 0 Å². The summed E-state index contributed by atoms with van der Waals surface area (Å²) in [6.07, 6.45) is 0. The van der Waals surface area contributed by atoms with Crippen molar-refractivity contribution >= 4 is 61.5 Å². The van der Waals surface area contributed by atoms with Crippen molar-refractivity contribution in [3.05, 3.63) is 120 Å². The summed E-state index contributed by atoms with van der Waals surface area (Å²) in [7, 11) is 0. The van der Waals surface area contributed by atoms with E-state index < -0.39 is 0 Å². The summed E-state index contributed by atoms with van der Waals surface area (Å²) in [4.78, 5) is 0. The van der Waals surface area contributed by atoms with Gasteiger partial charge in [0.25, 0.3) is 0 Å². The highest BCUT2D eigenvalue weighted by Gasteiger charge is 2.41. The van der Waals surface area contributed by atoms with Crippen LogP contribution < -0.4 is 10.9 Å². The lowest BCUT2D eigenvalue weighted by molar-refractivity contribution is 0.645. The third-order valence-electron chi connectivity index (χ3n) is 8.33. The maximum atomic E-state index is 6.62. The number of fused-ring (bicyclic) bond motifs is 9. The Morgan fingerprint density at radius 2 is 1.17 bits per heavy atom. The quantitative estimate of drug-likeness (QED) is 0.241. The summed E-state index contributed by atoms with van der Waals surface area (Å²) >= 11 is 0. The van der Waals surface area contributed by atoms with Crippen LogP contribution in [-0.4, -0.2) is 11.3 Å². The van der Waals surface area contributed by atoms with Gasteiger partial charge in [0.2, 0.25) is 0 Å². The number of aromatic nitrogens is 1. The Labute approximate surface area is 209 Å². The van der Waals surface area contributed by atoms with Crippen molar-refractivity contribution in [3.63, 3.8) is 0 Å². The molecule has 2 aromatic heterocycles. The van der Waals surface area contributed by atoms with Gasteiger partial charge in [-0.1, -0.05) is 105 Å². The predicted molar refractivity (Wildman–Crippen MR) is 152 cm³/mol. The zero-order valence-electron chi connectivity index (χ0n) is 20.3. The second-order valence-corrected chi connectivity index (χ2v) is 10.5. The molecule has 5 aromatic carbocycles. The maximum Gasteiger partial charge on any atom is 0.328 e. The van der Waals surface area contributed by atoms with Crippen molar-refractivity contribution in [1.29, 1.82) is 0 Å². The SMILES string of the molecule is CC1(C)c2ccccc2B(n2c3ccccc3c3ccc4c5ccccc5oc4c32)c2ccccc21. The molecule has 0 bridgehead atoms. The van der Waals surface area contributed by atoms with Crippen molar-refractivity contribution in [2.75, 3.05) is 0 Å². The Morgan fingerprint density at radius 3 is 1.92 bits per heavy atom. The van der Waals surface area contributed by atoms with Crippen molar-refractivity contribution in [3.8, 4) is 0 Å². The molecule has 0 unspecified atom stereocenters. The molecule has 3 heterocycles. The molecule has 0 fully saturated rings. The lowest BCUT2D eigenvalue weighted by Crippen LogP contribution is -2.58. The zero-order chi connectivity index (χ0) is 24.0. The summed E-state index contributed by atoms with van der Waals surface area (Å²) < 4.78 is 9.17. The molecule has 7 aromatic rings. The van der Waals surface area contributed by atoms with E-state index in [2.05, 4.69) is 121 Å². The summed E-state index contributed by atoms with van der Waals surface area (Å²) in [5, 5.41) is 4.82. The van der Waals surface area contributed by atoms with Gasteiger partial charge in [0, 0.05) is 32.5 Å². The van der Waals surface area contributed by atoms with E-state index in [1.54, 1.807) is 0 Å². The van der Waals surface area contributed by atoms with Crippen molar-refractivity contribution < 1.29 is 4.42 Å². The van der Waals surface area contributed by atoms with Crippen molar-refractivity contribution in [1.82, 2.24) is 4.48 Å². The van der Waals surface area contributed by atoms with E-state index in [0.29, 0.717) is 0 Å². The standard InChI is InChI=1S/C33H24BNO/c1-33(2)25-13-5-7-15-27(25)34(28-16-8-6-14-26(28)33)35-29-17-9-3-11-21(29)23-19-20-24-22-12-4-10-18-30(22)36-32(24)31(23)35/h3-20H,1-2H3. The van der Waals surface area contributed by atoms with Crippen LogP contribution in [0.3, 0.4) is 0 Å². The first-order chi connectivity index (χ1) is 17.6. The van der Waals surface area contributed by atoms with E-state index in [-0.39, 0.29) is 12.3 Å². The van der Waals surface area contributed by atoms with E-state index >= 15 is 0 Å². The first-order valence-corrected chi connectivity index (χ1v) is 12.7. The highest BCUT2D eigenvalue weighted by molar-refractivity contribution is 6.86. The van der Waals surface area contributed by atoms with Gasteiger partial charge >= 0.3 is 6.85 Å². The minimum Gasteiger partial charge on any atom is -0.454 e. The highest BCUT2D eigenvalue weighted by atomic mass is 16.3. The van der Waals surface area contributed by atoms with Gasteiger partial charge in [-0.25, -0.2) is 0 Å². The average Bonchev–Trinajstić information content (AvgIpc) is 3.45. The molecule has 3 heteroatoms. The van der Waals surface area contributed by atoms with Gasteiger partial charge in [0.15, 0.2) is 5.58 Å². The van der Waals surface area contributed by atoms with E-state index in [1.807, 2.05) is 6.07 Å². The van der Waals surface area contributed by atoms with Gasteiger partial charge in [-0.3, -0.25) is 0 Å². The Morgan fingerprint density at radius 1 is 0.583 bits per heavy atom. The van der Waals surface area contributed by atoms with Gasteiger partial charge in [-0.2, -0.15) is 0 Å². The predicted octanol–water partition coefficient (Wildman–Crippen LogP) is 6.99. The lowest BCUT2D eigenvalue weighted by atomic mass is 9.41. The normalized spacial score (nSPS) is 14.6. The van der Waals surface area contributed by atoms with Gasteiger partial charge in [-0.05, 0) is 40.3 Å². The number of rotatable bonds is 1. The number of hydrogen-bond donors (Lipinski definition) is 0. The van der Waals surface area contributed by atoms with Crippen LogP contribution in [0.25, 0.3) is 43.7 Å². The van der Waals surface area contributed by atoms with Crippen molar-refractivity contribution in [2.24, 2.45) is 0 Å². The molecule has 0 N–H and O–H groups in total. The van der Waals surface area contributed by atoms with Crippen LogP contribution in [0.2, 0.25) is 0 Å². The monoisotopic (exact) mass is 461 g/mol. The Balaban J connectivity index is 1.60. The topological polar surface area (TPSA) is 18.1 Å². The first kappa shape index (κ1) is 20.0. The summed E-state index contributed by atoms with van der Waals surface area (Å²) in [6, 6.07) is 39.6. The number of nitrogens with zero attached hydrogens (tertiary/aromatic N) is 1. The van der Waals surface area contributed by atoms with E-state index in [0.717, 1.165) is 16.6 Å². The van der Waals surface area contributed by atoms with Crippen LogP contribution in [-0.2, 0) is 5.41 Å². The largest absolute Gasteiger partial charge is 0.454 e. The van der Waals surface area contributed by atoms with Crippen LogP contribution in [0.4, 0.5) is 0 Å². The van der Waals surface area contributed by atoms with Gasteiger partial charge in [0.1, 0.15) is 5.58 Å². The van der Waals surface area contributed by atoms with Crippen LogP contribution in [0.1, 0.15) is 25.0 Å². The third kappa shape index (κ3) is 2.43. The fourth-order valence-electron chi connectivity index (χ4n) is 6.73. The lowest BCUT2D eigenvalue weighted by Gasteiger charge is -2.39. The summed E-state index contributed by atoms with van der Waals surface area (Å²) in [5.41, 5.74) is 9.71. The molecule has 0 atom stereocenters. The number of benzene rings is 5. The average molecular weight is 461 g/mol. The minimum atomic E-state index is -0.0723. The minimum absolute atomic E-state index is 0.0478. The Hall–Kier alpha value is -4.24. The molecule has 36 heavy (non-hydrogen) atoms. The van der Waals surface area contributed by atoms with E-state index in [1.165, 1.54) is 49.2 Å². The molecule has 8 rings (SSSR count). The summed E-state index contributed by atoms with van der Waals surface area (Å²) in [6.45, 7) is 4.75. The molecule has 2 nitrogen and oxygen atoms in total. The maximum absolute atomic E-state index is 6.62. The molecule has 0 spiro atoms. The number of para-hydroxylation sites is 2. The first-order valence-electron chi connectivity index (χ1n) is 12.7. The molecular formula is C33H24BNO.